The molecule has 1 aromatic rings. The maximum atomic E-state index is 3.86. The molecule has 3 unspecified atom stereocenters. The Kier molecular flexibility index (Phi) is 3.89. The molecule has 1 saturated carbocycles. The summed E-state index contributed by atoms with van der Waals surface area (Å²) in [5, 5.41) is 0. The largest absolute Gasteiger partial charge is 0.0836 e. The first-order chi connectivity index (χ1) is 7.18. The van der Waals surface area contributed by atoms with Gasteiger partial charge in [0.05, 0.1) is 0 Å². The predicted octanol–water partition coefficient (Wildman–Crippen LogP) is 5.32. The lowest BCUT2D eigenvalue weighted by Crippen LogP contribution is -2.10. The smallest absolute Gasteiger partial charge is 0.0426 e. The molecule has 0 N–H and O–H groups in total. The molecule has 82 valence electrons. The van der Waals surface area contributed by atoms with E-state index in [1.807, 2.05) is 0 Å². The van der Waals surface area contributed by atoms with E-state index in [1.165, 1.54) is 24.8 Å². The summed E-state index contributed by atoms with van der Waals surface area (Å²) in [5.74, 6) is 1.67. The number of benzene rings is 1. The molecule has 0 aliphatic heterocycles. The second kappa shape index (κ2) is 5.01. The monoisotopic (exact) mass is 330 g/mol. The predicted molar refractivity (Wildman–Crippen MR) is 72.3 cm³/mol. The number of alkyl halides is 1. The van der Waals surface area contributed by atoms with Crippen LogP contribution < -0.4 is 0 Å². The number of hydrogen-bond acceptors (Lipinski definition) is 0. The molecule has 0 heterocycles. The Bertz CT molecular complexity index is 318. The van der Waals surface area contributed by atoms with Crippen LogP contribution in [-0.4, -0.2) is 0 Å². The standard InChI is InChI=1S/C13H16Br2/c1-9-3-2-4-12(9)13(15)10-5-7-11(14)8-6-10/h5-9,12-13H,2-4H2,1H3. The average molecular weight is 332 g/mol. The van der Waals surface area contributed by atoms with E-state index in [4.69, 9.17) is 0 Å². The lowest BCUT2D eigenvalue weighted by Gasteiger charge is -2.22. The van der Waals surface area contributed by atoms with Crippen molar-refractivity contribution < 1.29 is 0 Å². The van der Waals surface area contributed by atoms with Gasteiger partial charge in [-0.05, 0) is 36.0 Å². The SMILES string of the molecule is CC1CCCC1C(Br)c1ccc(Br)cc1. The van der Waals surface area contributed by atoms with Crippen molar-refractivity contribution >= 4 is 31.9 Å². The quantitative estimate of drug-likeness (QED) is 0.643. The molecule has 0 nitrogen and oxygen atoms in total. The molecule has 1 fully saturated rings. The van der Waals surface area contributed by atoms with E-state index in [0.29, 0.717) is 4.83 Å². The maximum Gasteiger partial charge on any atom is 0.0426 e. The molecule has 0 bridgehead atoms. The van der Waals surface area contributed by atoms with Crippen molar-refractivity contribution in [3.8, 4) is 0 Å². The van der Waals surface area contributed by atoms with E-state index in [9.17, 15) is 0 Å². The highest BCUT2D eigenvalue weighted by Crippen LogP contribution is 2.44. The van der Waals surface area contributed by atoms with E-state index < -0.39 is 0 Å². The first-order valence-corrected chi connectivity index (χ1v) is 7.29. The van der Waals surface area contributed by atoms with Crippen LogP contribution in [0, 0.1) is 11.8 Å². The average Bonchev–Trinajstić information content (AvgIpc) is 2.65. The van der Waals surface area contributed by atoms with Crippen LogP contribution in [0.25, 0.3) is 0 Å². The Balaban J connectivity index is 2.13. The van der Waals surface area contributed by atoms with Gasteiger partial charge in [0, 0.05) is 9.30 Å². The van der Waals surface area contributed by atoms with Crippen molar-refractivity contribution in [2.24, 2.45) is 11.8 Å². The Labute approximate surface area is 109 Å². The normalized spacial score (nSPS) is 27.9. The fourth-order valence-corrected chi connectivity index (χ4v) is 3.86. The molecule has 1 aromatic carbocycles. The summed E-state index contributed by atoms with van der Waals surface area (Å²) in [6, 6.07) is 8.69. The summed E-state index contributed by atoms with van der Waals surface area (Å²) in [5.41, 5.74) is 1.41. The first-order valence-electron chi connectivity index (χ1n) is 5.58. The van der Waals surface area contributed by atoms with Gasteiger partial charge in [0.25, 0.3) is 0 Å². The van der Waals surface area contributed by atoms with Crippen LogP contribution in [0.5, 0.6) is 0 Å². The fourth-order valence-electron chi connectivity index (χ4n) is 2.50. The van der Waals surface area contributed by atoms with Crippen LogP contribution in [0.2, 0.25) is 0 Å². The van der Waals surface area contributed by atoms with Gasteiger partial charge >= 0.3 is 0 Å². The molecule has 0 radical (unpaired) electrons. The van der Waals surface area contributed by atoms with E-state index in [0.717, 1.165) is 16.3 Å². The second-order valence-corrected chi connectivity index (χ2v) is 6.43. The van der Waals surface area contributed by atoms with Crippen molar-refractivity contribution in [3.05, 3.63) is 34.3 Å². The Morgan fingerprint density at radius 1 is 1.20 bits per heavy atom. The summed E-state index contributed by atoms with van der Waals surface area (Å²) in [4.78, 5) is 0.531. The molecule has 0 spiro atoms. The molecule has 1 aliphatic rings. The van der Waals surface area contributed by atoms with E-state index in [-0.39, 0.29) is 0 Å². The third kappa shape index (κ3) is 2.65. The third-order valence-corrected chi connectivity index (χ3v) is 5.23. The van der Waals surface area contributed by atoms with E-state index >= 15 is 0 Å². The van der Waals surface area contributed by atoms with Crippen LogP contribution >= 0.6 is 31.9 Å². The van der Waals surface area contributed by atoms with Crippen molar-refractivity contribution in [1.29, 1.82) is 0 Å². The summed E-state index contributed by atoms with van der Waals surface area (Å²) in [6.07, 6.45) is 4.15. The third-order valence-electron chi connectivity index (χ3n) is 3.49. The van der Waals surface area contributed by atoms with Gasteiger partial charge in [-0.1, -0.05) is 63.8 Å². The van der Waals surface area contributed by atoms with Gasteiger partial charge in [-0.25, -0.2) is 0 Å². The molecule has 1 aliphatic carbocycles. The molecule has 0 aromatic heterocycles. The highest BCUT2D eigenvalue weighted by molar-refractivity contribution is 9.10. The lowest BCUT2D eigenvalue weighted by atomic mass is 9.91. The van der Waals surface area contributed by atoms with Gasteiger partial charge in [-0.15, -0.1) is 0 Å². The Morgan fingerprint density at radius 2 is 1.87 bits per heavy atom. The summed E-state index contributed by atoms with van der Waals surface area (Å²) in [7, 11) is 0. The zero-order chi connectivity index (χ0) is 10.8. The van der Waals surface area contributed by atoms with Crippen LogP contribution in [0.15, 0.2) is 28.7 Å². The molecule has 2 heteroatoms. The molecule has 0 saturated heterocycles. The number of rotatable bonds is 2. The maximum absolute atomic E-state index is 3.86. The van der Waals surface area contributed by atoms with E-state index in [2.05, 4.69) is 63.0 Å². The van der Waals surface area contributed by atoms with Crippen molar-refractivity contribution in [2.45, 2.75) is 31.0 Å². The second-order valence-electron chi connectivity index (χ2n) is 4.53. The highest BCUT2D eigenvalue weighted by atomic mass is 79.9. The summed E-state index contributed by atoms with van der Waals surface area (Å²) >= 11 is 7.34. The van der Waals surface area contributed by atoms with Crippen LogP contribution in [0.3, 0.4) is 0 Å². The molecule has 15 heavy (non-hydrogen) atoms. The molecular formula is C13H16Br2. The van der Waals surface area contributed by atoms with Crippen molar-refractivity contribution in [2.75, 3.05) is 0 Å². The summed E-state index contributed by atoms with van der Waals surface area (Å²) in [6.45, 7) is 2.38. The highest BCUT2D eigenvalue weighted by Gasteiger charge is 2.29. The van der Waals surface area contributed by atoms with E-state index in [1.54, 1.807) is 0 Å². The van der Waals surface area contributed by atoms with Crippen molar-refractivity contribution in [3.63, 3.8) is 0 Å². The van der Waals surface area contributed by atoms with Gasteiger partial charge in [0.2, 0.25) is 0 Å². The Hall–Kier alpha value is 0.180. The number of hydrogen-bond donors (Lipinski definition) is 0. The molecule has 2 rings (SSSR count). The number of halogens is 2. The zero-order valence-corrected chi connectivity index (χ0v) is 12.1. The topological polar surface area (TPSA) is 0 Å². The van der Waals surface area contributed by atoms with Crippen LogP contribution in [0.4, 0.5) is 0 Å². The Morgan fingerprint density at radius 3 is 2.40 bits per heavy atom. The zero-order valence-electron chi connectivity index (χ0n) is 8.92. The van der Waals surface area contributed by atoms with Gasteiger partial charge < -0.3 is 0 Å². The minimum absolute atomic E-state index is 0.531. The van der Waals surface area contributed by atoms with Gasteiger partial charge in [0.1, 0.15) is 0 Å². The van der Waals surface area contributed by atoms with Crippen LogP contribution in [0.1, 0.15) is 36.6 Å². The van der Waals surface area contributed by atoms with Gasteiger partial charge in [-0.3, -0.25) is 0 Å². The minimum atomic E-state index is 0.531. The molecule has 0 amide bonds. The van der Waals surface area contributed by atoms with Crippen LogP contribution in [-0.2, 0) is 0 Å². The van der Waals surface area contributed by atoms with Gasteiger partial charge in [-0.2, -0.15) is 0 Å². The van der Waals surface area contributed by atoms with Crippen molar-refractivity contribution in [1.82, 2.24) is 0 Å². The van der Waals surface area contributed by atoms with Gasteiger partial charge in [0.15, 0.2) is 0 Å². The lowest BCUT2D eigenvalue weighted by molar-refractivity contribution is 0.414. The first kappa shape index (κ1) is 11.7. The fraction of sp³-hybridized carbons (Fsp3) is 0.538. The molecule has 3 atom stereocenters. The summed E-state index contributed by atoms with van der Waals surface area (Å²) < 4.78 is 1.16. The minimum Gasteiger partial charge on any atom is -0.0836 e. The molecular weight excluding hydrogens is 316 g/mol.